The van der Waals surface area contributed by atoms with Crippen LogP contribution in [0.25, 0.3) is 22.3 Å². The summed E-state index contributed by atoms with van der Waals surface area (Å²) in [5.74, 6) is 0.185. The van der Waals surface area contributed by atoms with Gasteiger partial charge in [0.2, 0.25) is 0 Å². The van der Waals surface area contributed by atoms with Crippen LogP contribution in [0.4, 0.5) is 4.39 Å². The Morgan fingerprint density at radius 3 is 2.93 bits per heavy atom. The molecule has 4 heterocycles. The molecule has 0 saturated heterocycles. The fourth-order valence-corrected chi connectivity index (χ4v) is 5.17. The maximum Gasteiger partial charge on any atom is 0.257 e. The van der Waals surface area contributed by atoms with Crippen molar-refractivity contribution in [2.45, 2.75) is 52.4 Å². The molecular weight excluding hydrogens is 343 g/mol. The summed E-state index contributed by atoms with van der Waals surface area (Å²) in [5.41, 5.74) is 8.38. The van der Waals surface area contributed by atoms with Gasteiger partial charge in [0.15, 0.2) is 0 Å². The van der Waals surface area contributed by atoms with Crippen LogP contribution in [0.2, 0.25) is 0 Å². The number of rotatable bonds is 0. The number of fused-ring (bicyclic) bond motifs is 5. The van der Waals surface area contributed by atoms with Gasteiger partial charge in [-0.05, 0) is 54.0 Å². The van der Waals surface area contributed by atoms with Gasteiger partial charge in [-0.1, -0.05) is 6.92 Å². The van der Waals surface area contributed by atoms with Gasteiger partial charge in [0, 0.05) is 22.6 Å². The Bertz CT molecular complexity index is 1240. The van der Waals surface area contributed by atoms with Crippen LogP contribution in [-0.4, -0.2) is 9.55 Å². The zero-order valence-corrected chi connectivity index (χ0v) is 15.4. The molecule has 136 valence electrons. The molecule has 27 heavy (non-hydrogen) atoms. The number of pyridine rings is 2. The van der Waals surface area contributed by atoms with Crippen molar-refractivity contribution in [1.29, 1.82) is 0 Å². The number of aryl methyl sites for hydroxylation is 1. The summed E-state index contributed by atoms with van der Waals surface area (Å²) < 4.78 is 21.8. The van der Waals surface area contributed by atoms with E-state index in [2.05, 4.69) is 6.92 Å². The Kier molecular flexibility index (Phi) is 2.90. The van der Waals surface area contributed by atoms with Crippen LogP contribution in [0.1, 0.15) is 52.6 Å². The van der Waals surface area contributed by atoms with Crippen LogP contribution < -0.4 is 5.56 Å². The smallest absolute Gasteiger partial charge is 0.257 e. The Balaban J connectivity index is 1.74. The second-order valence-electron chi connectivity index (χ2n) is 8.07. The van der Waals surface area contributed by atoms with E-state index in [9.17, 15) is 9.18 Å². The van der Waals surface area contributed by atoms with Gasteiger partial charge < -0.3 is 9.30 Å². The normalized spacial score (nSPS) is 19.3. The molecule has 1 unspecified atom stereocenters. The molecule has 0 amide bonds. The van der Waals surface area contributed by atoms with Gasteiger partial charge >= 0.3 is 0 Å². The van der Waals surface area contributed by atoms with Gasteiger partial charge in [0.25, 0.3) is 5.56 Å². The summed E-state index contributed by atoms with van der Waals surface area (Å²) in [6, 6.07) is 3.60. The zero-order valence-electron chi connectivity index (χ0n) is 15.4. The fourth-order valence-electron chi connectivity index (χ4n) is 5.17. The third-order valence-electron chi connectivity index (χ3n) is 6.62. The first-order valence-corrected chi connectivity index (χ1v) is 9.52. The molecule has 0 saturated carbocycles. The van der Waals surface area contributed by atoms with Crippen LogP contribution in [0, 0.1) is 12.7 Å². The van der Waals surface area contributed by atoms with Crippen LogP contribution in [0.3, 0.4) is 0 Å². The highest BCUT2D eigenvalue weighted by atomic mass is 19.1. The highest BCUT2D eigenvalue weighted by Gasteiger charge is 2.33. The van der Waals surface area contributed by atoms with Crippen molar-refractivity contribution in [2.24, 2.45) is 0 Å². The lowest BCUT2D eigenvalue weighted by atomic mass is 9.79. The molecule has 0 bridgehead atoms. The van der Waals surface area contributed by atoms with E-state index in [-0.39, 0.29) is 11.4 Å². The van der Waals surface area contributed by atoms with Crippen molar-refractivity contribution in [2.75, 3.05) is 0 Å². The molecule has 6 rings (SSSR count). The zero-order chi connectivity index (χ0) is 18.4. The van der Waals surface area contributed by atoms with Gasteiger partial charge in [0.05, 0.1) is 36.7 Å². The van der Waals surface area contributed by atoms with Crippen molar-refractivity contribution in [1.82, 2.24) is 9.55 Å². The quantitative estimate of drug-likeness (QED) is 0.476. The van der Waals surface area contributed by atoms with Crippen LogP contribution in [0.5, 0.6) is 0 Å². The predicted octanol–water partition coefficient (Wildman–Crippen LogP) is 3.95. The molecule has 0 fully saturated rings. The number of benzene rings is 1. The number of nitrogens with zero attached hydrogens (tertiary/aromatic N) is 2. The number of ether oxygens (including phenoxy) is 1. The summed E-state index contributed by atoms with van der Waals surface area (Å²) in [4.78, 5) is 17.8. The van der Waals surface area contributed by atoms with E-state index in [1.807, 2.05) is 17.6 Å². The monoisotopic (exact) mass is 362 g/mol. The van der Waals surface area contributed by atoms with E-state index in [4.69, 9.17) is 9.72 Å². The summed E-state index contributed by atoms with van der Waals surface area (Å²) in [6.45, 7) is 5.51. The number of aromatic nitrogens is 2. The minimum Gasteiger partial charge on any atom is -0.372 e. The third-order valence-corrected chi connectivity index (χ3v) is 6.62. The predicted molar refractivity (Wildman–Crippen MR) is 100 cm³/mol. The summed E-state index contributed by atoms with van der Waals surface area (Å²) >= 11 is 0. The first-order valence-electron chi connectivity index (χ1n) is 9.52. The van der Waals surface area contributed by atoms with E-state index in [0.29, 0.717) is 31.2 Å². The van der Waals surface area contributed by atoms with Crippen LogP contribution in [0.15, 0.2) is 16.9 Å². The molecular formula is C22H19FN2O2. The largest absolute Gasteiger partial charge is 0.372 e. The van der Waals surface area contributed by atoms with E-state index in [1.165, 1.54) is 5.56 Å². The van der Waals surface area contributed by atoms with Crippen LogP contribution >= 0.6 is 0 Å². The average Bonchev–Trinajstić information content (AvgIpc) is 3.26. The molecule has 3 aromatic rings. The summed E-state index contributed by atoms with van der Waals surface area (Å²) in [5, 5.41) is 1.11. The maximum atomic E-state index is 14.5. The minimum absolute atomic E-state index is 0.0281. The highest BCUT2D eigenvalue weighted by Crippen LogP contribution is 2.45. The number of halogens is 1. The fraction of sp³-hybridized carbons (Fsp3) is 0.364. The minimum atomic E-state index is -0.191. The van der Waals surface area contributed by atoms with Gasteiger partial charge in [-0.15, -0.1) is 0 Å². The number of hydrogen-bond donors (Lipinski definition) is 0. The van der Waals surface area contributed by atoms with Crippen molar-refractivity contribution in [3.63, 3.8) is 0 Å². The first-order chi connectivity index (χ1) is 13.0. The highest BCUT2D eigenvalue weighted by molar-refractivity contribution is 5.92. The van der Waals surface area contributed by atoms with E-state index < -0.39 is 0 Å². The Labute approximate surface area is 155 Å². The van der Waals surface area contributed by atoms with Crippen molar-refractivity contribution in [3.8, 4) is 11.4 Å². The van der Waals surface area contributed by atoms with Gasteiger partial charge in [-0.2, -0.15) is 0 Å². The lowest BCUT2D eigenvalue weighted by Gasteiger charge is -2.26. The second-order valence-corrected chi connectivity index (χ2v) is 8.07. The second kappa shape index (κ2) is 5.04. The Hall–Kier alpha value is -2.53. The standard InChI is InChI=1S/C22H19FN2O2/c1-10-3-4-13-11(2)16(23)6-17-20(13)19(10)14-7-25-18(21(14)24-17)5-12-8-27-9-15(12)22(25)26/h5-6,10H,3-4,7-9H2,1-2H3. The van der Waals surface area contributed by atoms with Gasteiger partial charge in [0.1, 0.15) is 5.82 Å². The maximum absolute atomic E-state index is 14.5. The van der Waals surface area contributed by atoms with Crippen molar-refractivity contribution < 1.29 is 9.13 Å². The van der Waals surface area contributed by atoms with E-state index in [1.54, 1.807) is 6.07 Å². The SMILES string of the molecule is Cc1c(F)cc2nc3c(c4c2c1CCC4C)Cn1c-3cc2c(c1=O)COC2. The Morgan fingerprint density at radius 2 is 2.07 bits per heavy atom. The lowest BCUT2D eigenvalue weighted by molar-refractivity contribution is 0.134. The Morgan fingerprint density at radius 1 is 1.22 bits per heavy atom. The number of hydrogen-bond acceptors (Lipinski definition) is 3. The molecule has 1 aromatic carbocycles. The molecule has 0 radical (unpaired) electrons. The van der Waals surface area contributed by atoms with E-state index >= 15 is 0 Å². The molecule has 1 atom stereocenters. The molecule has 3 aliphatic rings. The molecule has 0 spiro atoms. The van der Waals surface area contributed by atoms with Gasteiger partial charge in [-0.25, -0.2) is 9.37 Å². The molecule has 0 N–H and O–H groups in total. The molecule has 2 aromatic heterocycles. The van der Waals surface area contributed by atoms with Gasteiger partial charge in [-0.3, -0.25) is 4.79 Å². The topological polar surface area (TPSA) is 44.1 Å². The molecule has 4 nitrogen and oxygen atoms in total. The molecule has 2 aliphatic heterocycles. The summed E-state index contributed by atoms with van der Waals surface area (Å²) in [7, 11) is 0. The van der Waals surface area contributed by atoms with Crippen LogP contribution in [-0.2, 0) is 30.9 Å². The molecule has 5 heteroatoms. The van der Waals surface area contributed by atoms with E-state index in [0.717, 1.165) is 57.4 Å². The third kappa shape index (κ3) is 1.85. The first kappa shape index (κ1) is 15.5. The average molecular weight is 362 g/mol. The van der Waals surface area contributed by atoms with Crippen molar-refractivity contribution >= 4 is 10.9 Å². The van der Waals surface area contributed by atoms with Crippen molar-refractivity contribution in [3.05, 3.63) is 61.7 Å². The molecule has 1 aliphatic carbocycles. The lowest BCUT2D eigenvalue weighted by Crippen LogP contribution is -2.23. The summed E-state index contributed by atoms with van der Waals surface area (Å²) in [6.07, 6.45) is 1.88.